The molecule has 1 rings (SSSR count). The lowest BCUT2D eigenvalue weighted by Gasteiger charge is -2.06. The summed E-state index contributed by atoms with van der Waals surface area (Å²) in [5, 5.41) is 24.3. The van der Waals surface area contributed by atoms with Gasteiger partial charge in [0.05, 0.1) is 0 Å². The SMILES string of the molecule is CNCCCCCNC(=O)c1ccc(O)c(O)c1. The topological polar surface area (TPSA) is 81.6 Å². The van der Waals surface area contributed by atoms with Crippen molar-refractivity contribution in [1.29, 1.82) is 0 Å². The molecule has 0 aliphatic rings. The predicted octanol–water partition coefficient (Wildman–Crippen LogP) is 1.22. The molecule has 18 heavy (non-hydrogen) atoms. The first kappa shape index (κ1) is 14.3. The van der Waals surface area contributed by atoms with Crippen molar-refractivity contribution < 1.29 is 15.0 Å². The molecule has 0 aliphatic heterocycles. The number of hydrogen-bond donors (Lipinski definition) is 4. The number of phenolic OH excluding ortho intramolecular Hbond substituents is 2. The molecule has 0 spiro atoms. The summed E-state index contributed by atoms with van der Waals surface area (Å²) in [6.45, 7) is 1.60. The van der Waals surface area contributed by atoms with Crippen LogP contribution in [-0.4, -0.2) is 36.3 Å². The lowest BCUT2D eigenvalue weighted by molar-refractivity contribution is 0.0952. The van der Waals surface area contributed by atoms with Gasteiger partial charge in [-0.05, 0) is 44.6 Å². The van der Waals surface area contributed by atoms with E-state index in [9.17, 15) is 9.90 Å². The van der Waals surface area contributed by atoms with Gasteiger partial charge in [0.15, 0.2) is 11.5 Å². The van der Waals surface area contributed by atoms with Crippen LogP contribution < -0.4 is 10.6 Å². The van der Waals surface area contributed by atoms with E-state index in [2.05, 4.69) is 10.6 Å². The van der Waals surface area contributed by atoms with Crippen LogP contribution in [0.5, 0.6) is 11.5 Å². The summed E-state index contributed by atoms with van der Waals surface area (Å²) in [6, 6.07) is 4.04. The first-order valence-electron chi connectivity index (χ1n) is 6.10. The molecule has 0 aliphatic carbocycles. The average Bonchev–Trinajstić information content (AvgIpc) is 2.36. The lowest BCUT2D eigenvalue weighted by Crippen LogP contribution is -2.24. The minimum Gasteiger partial charge on any atom is -0.504 e. The minimum absolute atomic E-state index is 0.224. The molecule has 0 heterocycles. The first-order chi connectivity index (χ1) is 8.65. The zero-order valence-corrected chi connectivity index (χ0v) is 10.6. The van der Waals surface area contributed by atoms with Gasteiger partial charge in [0.25, 0.3) is 5.91 Å². The fourth-order valence-electron chi connectivity index (χ4n) is 1.57. The standard InChI is InChI=1S/C13H20N2O3/c1-14-7-3-2-4-8-15-13(18)10-5-6-11(16)12(17)9-10/h5-6,9,14,16-17H,2-4,7-8H2,1H3,(H,15,18). The van der Waals surface area contributed by atoms with Gasteiger partial charge in [-0.15, -0.1) is 0 Å². The largest absolute Gasteiger partial charge is 0.504 e. The van der Waals surface area contributed by atoms with Crippen molar-refractivity contribution >= 4 is 5.91 Å². The Balaban J connectivity index is 2.30. The monoisotopic (exact) mass is 252 g/mol. The summed E-state index contributed by atoms with van der Waals surface area (Å²) in [7, 11) is 1.92. The minimum atomic E-state index is -0.281. The lowest BCUT2D eigenvalue weighted by atomic mass is 10.2. The van der Waals surface area contributed by atoms with E-state index in [0.29, 0.717) is 12.1 Å². The van der Waals surface area contributed by atoms with Gasteiger partial charge in [0.1, 0.15) is 0 Å². The van der Waals surface area contributed by atoms with Crippen LogP contribution in [0.2, 0.25) is 0 Å². The van der Waals surface area contributed by atoms with Crippen molar-refractivity contribution in [3.63, 3.8) is 0 Å². The van der Waals surface area contributed by atoms with Crippen molar-refractivity contribution in [3.8, 4) is 11.5 Å². The highest BCUT2D eigenvalue weighted by Crippen LogP contribution is 2.24. The van der Waals surface area contributed by atoms with Crippen LogP contribution in [0.15, 0.2) is 18.2 Å². The zero-order chi connectivity index (χ0) is 13.4. The average molecular weight is 252 g/mol. The van der Waals surface area contributed by atoms with Gasteiger partial charge in [-0.2, -0.15) is 0 Å². The van der Waals surface area contributed by atoms with Gasteiger partial charge in [-0.25, -0.2) is 0 Å². The molecule has 0 unspecified atom stereocenters. The number of nitrogens with one attached hydrogen (secondary N) is 2. The van der Waals surface area contributed by atoms with Gasteiger partial charge < -0.3 is 20.8 Å². The molecule has 0 fully saturated rings. The number of carbonyl (C=O) groups excluding carboxylic acids is 1. The van der Waals surface area contributed by atoms with E-state index in [1.165, 1.54) is 18.2 Å². The fourth-order valence-corrected chi connectivity index (χ4v) is 1.57. The third kappa shape index (κ3) is 4.63. The molecule has 100 valence electrons. The number of amides is 1. The van der Waals surface area contributed by atoms with Crippen LogP contribution in [0.3, 0.4) is 0 Å². The third-order valence-electron chi connectivity index (χ3n) is 2.63. The molecular weight excluding hydrogens is 232 g/mol. The second-order valence-electron chi connectivity index (χ2n) is 4.12. The van der Waals surface area contributed by atoms with Gasteiger partial charge in [-0.1, -0.05) is 6.42 Å². The summed E-state index contributed by atoms with van der Waals surface area (Å²) in [5.74, 6) is -0.741. The highest BCUT2D eigenvalue weighted by Gasteiger charge is 2.07. The molecule has 0 atom stereocenters. The second kappa shape index (κ2) is 7.55. The van der Waals surface area contributed by atoms with Crippen molar-refractivity contribution in [1.82, 2.24) is 10.6 Å². The smallest absolute Gasteiger partial charge is 0.251 e. The van der Waals surface area contributed by atoms with Gasteiger partial charge in [-0.3, -0.25) is 4.79 Å². The van der Waals surface area contributed by atoms with E-state index in [-0.39, 0.29) is 17.4 Å². The molecule has 1 aromatic rings. The van der Waals surface area contributed by atoms with Crippen molar-refractivity contribution in [2.75, 3.05) is 20.1 Å². The van der Waals surface area contributed by atoms with Crippen LogP contribution in [0, 0.1) is 0 Å². The Bertz CT molecular complexity index is 394. The van der Waals surface area contributed by atoms with Gasteiger partial charge in [0.2, 0.25) is 0 Å². The Kier molecular flexibility index (Phi) is 6.00. The Morgan fingerprint density at radius 1 is 1.11 bits per heavy atom. The molecular formula is C13H20N2O3. The van der Waals surface area contributed by atoms with Crippen molar-refractivity contribution in [2.45, 2.75) is 19.3 Å². The van der Waals surface area contributed by atoms with Crippen LogP contribution >= 0.6 is 0 Å². The Labute approximate surface area is 107 Å². The fraction of sp³-hybridized carbons (Fsp3) is 0.462. The number of phenols is 2. The van der Waals surface area contributed by atoms with Crippen LogP contribution in [0.4, 0.5) is 0 Å². The van der Waals surface area contributed by atoms with Crippen LogP contribution in [0.25, 0.3) is 0 Å². The summed E-state index contributed by atoms with van der Waals surface area (Å²) in [5.41, 5.74) is 0.348. The maximum atomic E-state index is 11.7. The zero-order valence-electron chi connectivity index (χ0n) is 10.6. The van der Waals surface area contributed by atoms with Gasteiger partial charge in [0, 0.05) is 12.1 Å². The maximum absolute atomic E-state index is 11.7. The van der Waals surface area contributed by atoms with E-state index in [1.807, 2.05) is 7.05 Å². The predicted molar refractivity (Wildman–Crippen MR) is 69.9 cm³/mol. The maximum Gasteiger partial charge on any atom is 0.251 e. The molecule has 1 aromatic carbocycles. The quantitative estimate of drug-likeness (QED) is 0.434. The third-order valence-corrected chi connectivity index (χ3v) is 2.63. The molecule has 5 nitrogen and oxygen atoms in total. The molecule has 0 saturated heterocycles. The molecule has 0 aromatic heterocycles. The molecule has 0 bridgehead atoms. The summed E-state index contributed by atoms with van der Waals surface area (Å²) in [6.07, 6.45) is 3.08. The Morgan fingerprint density at radius 3 is 2.50 bits per heavy atom. The first-order valence-corrected chi connectivity index (χ1v) is 6.10. The van der Waals surface area contributed by atoms with E-state index < -0.39 is 0 Å². The molecule has 0 radical (unpaired) electrons. The highest BCUT2D eigenvalue weighted by molar-refractivity contribution is 5.94. The Morgan fingerprint density at radius 2 is 1.83 bits per heavy atom. The van der Waals surface area contributed by atoms with E-state index in [4.69, 9.17) is 5.11 Å². The molecule has 0 saturated carbocycles. The van der Waals surface area contributed by atoms with E-state index in [1.54, 1.807) is 0 Å². The highest BCUT2D eigenvalue weighted by atomic mass is 16.3. The summed E-state index contributed by atoms with van der Waals surface area (Å²) < 4.78 is 0. The van der Waals surface area contributed by atoms with Crippen molar-refractivity contribution in [2.24, 2.45) is 0 Å². The van der Waals surface area contributed by atoms with Crippen molar-refractivity contribution in [3.05, 3.63) is 23.8 Å². The summed E-state index contributed by atoms with van der Waals surface area (Å²) >= 11 is 0. The molecule has 4 N–H and O–H groups in total. The van der Waals surface area contributed by atoms with E-state index >= 15 is 0 Å². The number of carbonyl (C=O) groups is 1. The van der Waals surface area contributed by atoms with Gasteiger partial charge >= 0.3 is 0 Å². The normalized spacial score (nSPS) is 10.3. The van der Waals surface area contributed by atoms with Crippen LogP contribution in [-0.2, 0) is 0 Å². The number of rotatable bonds is 7. The molecule has 1 amide bonds. The Hall–Kier alpha value is -1.75. The van der Waals surface area contributed by atoms with Crippen LogP contribution in [0.1, 0.15) is 29.6 Å². The van der Waals surface area contributed by atoms with E-state index in [0.717, 1.165) is 25.8 Å². The number of benzene rings is 1. The summed E-state index contributed by atoms with van der Waals surface area (Å²) in [4.78, 5) is 11.7. The second-order valence-corrected chi connectivity index (χ2v) is 4.12. The number of unbranched alkanes of at least 4 members (excludes halogenated alkanes) is 2. The number of aromatic hydroxyl groups is 2. The number of hydrogen-bond acceptors (Lipinski definition) is 4. The molecule has 5 heteroatoms.